The number of benzene rings is 4. The van der Waals surface area contributed by atoms with Crippen molar-refractivity contribution in [2.75, 3.05) is 0 Å². The number of rotatable bonds is 7. The van der Waals surface area contributed by atoms with Gasteiger partial charge in [-0.1, -0.05) is 79.6 Å². The summed E-state index contributed by atoms with van der Waals surface area (Å²) in [4.78, 5) is -0.187. The van der Waals surface area contributed by atoms with Crippen LogP contribution in [0, 0.1) is 5.82 Å². The summed E-state index contributed by atoms with van der Waals surface area (Å²) in [6.45, 7) is -0.995. The average molecular weight is 611 g/mol. The molecule has 1 aliphatic rings. The van der Waals surface area contributed by atoms with Gasteiger partial charge in [0.05, 0.1) is 11.5 Å². The SMILES string of the molecule is O=S(=O)(c1ccc(F)cc1)C1(c2ccc(C(OCc3cccc4ccccc34)(C(F)(F)F)C(F)(F)F)cc2)CCCC1. The van der Waals surface area contributed by atoms with E-state index in [1.165, 1.54) is 12.1 Å². The highest BCUT2D eigenvalue weighted by Crippen LogP contribution is 2.54. The molecule has 222 valence electrons. The Kier molecular flexibility index (Phi) is 7.64. The summed E-state index contributed by atoms with van der Waals surface area (Å²) in [5.74, 6) is -0.655. The van der Waals surface area contributed by atoms with Gasteiger partial charge in [-0.3, -0.25) is 0 Å². The minimum absolute atomic E-state index is 0.0559. The van der Waals surface area contributed by atoms with Crippen molar-refractivity contribution in [1.29, 1.82) is 0 Å². The van der Waals surface area contributed by atoms with Crippen molar-refractivity contribution in [3.8, 4) is 0 Å². The predicted octanol–water partition coefficient (Wildman–Crippen LogP) is 8.76. The van der Waals surface area contributed by atoms with Gasteiger partial charge in [-0.05, 0) is 59.0 Å². The first kappa shape index (κ1) is 30.0. The van der Waals surface area contributed by atoms with Crippen LogP contribution in [0.4, 0.5) is 30.7 Å². The van der Waals surface area contributed by atoms with Gasteiger partial charge in [-0.25, -0.2) is 12.8 Å². The Morgan fingerprint density at radius 2 is 1.29 bits per heavy atom. The Morgan fingerprint density at radius 1 is 0.714 bits per heavy atom. The Hall–Kier alpha value is -3.44. The molecular formula is C31H25F7O3S. The Labute approximate surface area is 237 Å². The standard InChI is InChI=1S/C31H25F7O3S/c32-25-14-16-26(17-15-25)42(39,40)28(18-3-4-19-28)23-10-12-24(13-11-23)29(30(33,34)35,31(36,37)38)41-20-22-8-5-7-21-6-1-2-9-27(21)22/h1-2,5-17H,3-4,18-20H2. The van der Waals surface area contributed by atoms with Gasteiger partial charge in [0.1, 0.15) is 10.6 Å². The number of fused-ring (bicyclic) bond motifs is 1. The molecule has 0 radical (unpaired) electrons. The molecule has 11 heteroatoms. The number of sulfone groups is 1. The van der Waals surface area contributed by atoms with Gasteiger partial charge in [0.2, 0.25) is 0 Å². The van der Waals surface area contributed by atoms with Gasteiger partial charge in [0.25, 0.3) is 5.60 Å². The van der Waals surface area contributed by atoms with E-state index >= 15 is 0 Å². The summed E-state index contributed by atoms with van der Waals surface area (Å²) in [6.07, 6.45) is -10.7. The monoisotopic (exact) mass is 610 g/mol. The molecule has 0 saturated heterocycles. The van der Waals surface area contributed by atoms with Gasteiger partial charge < -0.3 is 4.74 Å². The molecule has 0 unspecified atom stereocenters. The maximum Gasteiger partial charge on any atom is 0.430 e. The topological polar surface area (TPSA) is 43.4 Å². The van der Waals surface area contributed by atoms with Crippen molar-refractivity contribution >= 4 is 20.6 Å². The lowest BCUT2D eigenvalue weighted by atomic mass is 9.88. The fraction of sp³-hybridized carbons (Fsp3) is 0.290. The van der Waals surface area contributed by atoms with Crippen LogP contribution in [0.15, 0.2) is 95.9 Å². The number of alkyl halides is 6. The second kappa shape index (κ2) is 10.7. The van der Waals surface area contributed by atoms with Crippen LogP contribution in [-0.2, 0) is 31.5 Å². The Morgan fingerprint density at radius 3 is 1.88 bits per heavy atom. The minimum atomic E-state index is -5.91. The second-order valence-electron chi connectivity index (χ2n) is 10.3. The molecule has 1 fully saturated rings. The van der Waals surface area contributed by atoms with E-state index in [-0.39, 0.29) is 28.9 Å². The summed E-state index contributed by atoms with van der Waals surface area (Å²) < 4.78 is 131. The minimum Gasteiger partial charge on any atom is -0.349 e. The quantitative estimate of drug-likeness (QED) is 0.155. The third kappa shape index (κ3) is 4.86. The zero-order valence-electron chi connectivity index (χ0n) is 22.0. The summed E-state index contributed by atoms with van der Waals surface area (Å²) in [7, 11) is -4.18. The van der Waals surface area contributed by atoms with Crippen LogP contribution in [0.5, 0.6) is 0 Å². The summed E-state index contributed by atoms with van der Waals surface area (Å²) in [6, 6.07) is 18.6. The third-order valence-corrected chi connectivity index (χ3v) is 10.6. The fourth-order valence-corrected chi connectivity index (χ4v) is 8.06. The predicted molar refractivity (Wildman–Crippen MR) is 143 cm³/mol. The number of hydrogen-bond donors (Lipinski definition) is 0. The third-order valence-electron chi connectivity index (χ3n) is 7.99. The molecule has 0 N–H and O–H groups in total. The van der Waals surface area contributed by atoms with Gasteiger partial charge in [-0.15, -0.1) is 0 Å². The van der Waals surface area contributed by atoms with E-state index in [1.54, 1.807) is 30.3 Å². The zero-order valence-corrected chi connectivity index (χ0v) is 22.8. The van der Waals surface area contributed by atoms with Crippen LogP contribution in [0.2, 0.25) is 0 Å². The first-order valence-electron chi connectivity index (χ1n) is 13.1. The fourth-order valence-electron chi connectivity index (χ4n) is 5.85. The first-order chi connectivity index (χ1) is 19.7. The molecule has 1 aliphatic carbocycles. The number of halogens is 7. The molecule has 0 aromatic heterocycles. The van der Waals surface area contributed by atoms with Crippen molar-refractivity contribution in [2.45, 2.75) is 59.9 Å². The maximum absolute atomic E-state index is 14.5. The lowest BCUT2D eigenvalue weighted by Crippen LogP contribution is -2.55. The molecule has 4 aromatic carbocycles. The van der Waals surface area contributed by atoms with Crippen molar-refractivity contribution in [1.82, 2.24) is 0 Å². The molecular weight excluding hydrogens is 585 g/mol. The van der Waals surface area contributed by atoms with Gasteiger partial charge in [0.15, 0.2) is 9.84 Å². The highest BCUT2D eigenvalue weighted by atomic mass is 32.2. The van der Waals surface area contributed by atoms with E-state index in [0.29, 0.717) is 35.7 Å². The summed E-state index contributed by atoms with van der Waals surface area (Å²) in [5, 5.41) is 1.07. The molecule has 0 amide bonds. The first-order valence-corrected chi connectivity index (χ1v) is 14.6. The van der Waals surface area contributed by atoms with E-state index in [1.807, 2.05) is 0 Å². The van der Waals surface area contributed by atoms with E-state index in [0.717, 1.165) is 36.4 Å². The largest absolute Gasteiger partial charge is 0.430 e. The molecule has 0 heterocycles. The Bertz CT molecular complexity index is 1650. The molecule has 4 aromatic rings. The van der Waals surface area contributed by atoms with Crippen LogP contribution >= 0.6 is 0 Å². The van der Waals surface area contributed by atoms with Gasteiger partial charge >= 0.3 is 12.4 Å². The summed E-state index contributed by atoms with van der Waals surface area (Å²) >= 11 is 0. The van der Waals surface area contributed by atoms with Crippen LogP contribution in [-0.4, -0.2) is 20.8 Å². The molecule has 5 rings (SSSR count). The molecule has 0 atom stereocenters. The molecule has 0 spiro atoms. The van der Waals surface area contributed by atoms with E-state index in [4.69, 9.17) is 4.74 Å². The number of ether oxygens (including phenoxy) is 1. The Balaban J connectivity index is 1.58. The van der Waals surface area contributed by atoms with Crippen LogP contribution in [0.1, 0.15) is 42.4 Å². The second-order valence-corrected chi connectivity index (χ2v) is 12.6. The lowest BCUT2D eigenvalue weighted by molar-refractivity contribution is -0.392. The molecule has 42 heavy (non-hydrogen) atoms. The molecule has 1 saturated carbocycles. The molecule has 0 bridgehead atoms. The lowest BCUT2D eigenvalue weighted by Gasteiger charge is -2.38. The normalized spacial score (nSPS) is 16.2. The zero-order chi connectivity index (χ0) is 30.4. The van der Waals surface area contributed by atoms with E-state index in [9.17, 15) is 39.2 Å². The van der Waals surface area contributed by atoms with Crippen molar-refractivity contribution in [3.05, 3.63) is 114 Å². The maximum atomic E-state index is 14.5. The van der Waals surface area contributed by atoms with E-state index < -0.39 is 50.5 Å². The van der Waals surface area contributed by atoms with Gasteiger partial charge in [-0.2, -0.15) is 26.3 Å². The average Bonchev–Trinajstić information content (AvgIpc) is 3.45. The van der Waals surface area contributed by atoms with Crippen molar-refractivity contribution < 1.29 is 43.9 Å². The summed E-state index contributed by atoms with van der Waals surface area (Å²) in [5.41, 5.74) is -5.72. The molecule has 0 aliphatic heterocycles. The van der Waals surface area contributed by atoms with Crippen LogP contribution in [0.25, 0.3) is 10.8 Å². The van der Waals surface area contributed by atoms with Gasteiger partial charge in [0, 0.05) is 5.56 Å². The van der Waals surface area contributed by atoms with E-state index in [2.05, 4.69) is 0 Å². The molecule has 3 nitrogen and oxygen atoms in total. The smallest absolute Gasteiger partial charge is 0.349 e. The van der Waals surface area contributed by atoms with Crippen LogP contribution < -0.4 is 0 Å². The highest BCUT2D eigenvalue weighted by molar-refractivity contribution is 7.92. The van der Waals surface area contributed by atoms with Crippen molar-refractivity contribution in [3.63, 3.8) is 0 Å². The number of hydrogen-bond acceptors (Lipinski definition) is 3. The highest BCUT2D eigenvalue weighted by Gasteiger charge is 2.73. The van der Waals surface area contributed by atoms with Crippen molar-refractivity contribution in [2.24, 2.45) is 0 Å². The van der Waals surface area contributed by atoms with Crippen LogP contribution in [0.3, 0.4) is 0 Å².